The second-order valence-corrected chi connectivity index (χ2v) is 6.77. The molecule has 0 spiro atoms. The molecule has 0 aliphatic carbocycles. The van der Waals surface area contributed by atoms with Gasteiger partial charge in [0.1, 0.15) is 6.04 Å². The van der Waals surface area contributed by atoms with E-state index in [0.717, 1.165) is 5.56 Å². The zero-order chi connectivity index (χ0) is 19.4. The first kappa shape index (κ1) is 19.4. The molecule has 1 heterocycles. The van der Waals surface area contributed by atoms with E-state index in [0.29, 0.717) is 17.0 Å². The number of aliphatic carboxylic acids is 1. The van der Waals surface area contributed by atoms with Crippen molar-refractivity contribution in [2.75, 3.05) is 0 Å². The number of carboxylic acid groups (broad SMARTS) is 1. The van der Waals surface area contributed by atoms with Crippen LogP contribution in [0.4, 0.5) is 0 Å². The number of benzene rings is 1. The van der Waals surface area contributed by atoms with Gasteiger partial charge in [-0.2, -0.15) is 0 Å². The number of nitrogens with one attached hydrogen (secondary N) is 1. The summed E-state index contributed by atoms with van der Waals surface area (Å²) >= 11 is 0. The number of aromatic nitrogens is 1. The first-order valence-corrected chi connectivity index (χ1v) is 8.48. The Kier molecular flexibility index (Phi) is 5.97. The predicted octanol–water partition coefficient (Wildman–Crippen LogP) is 2.33. The largest absolute Gasteiger partial charge is 0.480 e. The van der Waals surface area contributed by atoms with Crippen LogP contribution in [0.2, 0.25) is 0 Å². The standard InChI is InChI=1S/C20H24N2O4/c1-12(2)18(20(25)26)21-17(23)11-15-9-10-16(22(15)4)19(24)14-7-5-13(3)6-8-14/h5-10,12,18H,11H2,1-4H3,(H,21,23)(H,25,26). The van der Waals surface area contributed by atoms with Crippen molar-refractivity contribution in [3.63, 3.8) is 0 Å². The summed E-state index contributed by atoms with van der Waals surface area (Å²) in [5, 5.41) is 11.7. The number of hydrogen-bond acceptors (Lipinski definition) is 3. The Hall–Kier alpha value is -2.89. The van der Waals surface area contributed by atoms with Crippen LogP contribution in [0.5, 0.6) is 0 Å². The minimum atomic E-state index is -1.06. The molecule has 0 fully saturated rings. The number of ketones is 1. The molecule has 0 aliphatic rings. The maximum absolute atomic E-state index is 12.6. The van der Waals surface area contributed by atoms with Crippen molar-refractivity contribution in [3.05, 3.63) is 58.9 Å². The number of hydrogen-bond donors (Lipinski definition) is 2. The molecule has 0 bridgehead atoms. The summed E-state index contributed by atoms with van der Waals surface area (Å²) in [4.78, 5) is 36.0. The first-order chi connectivity index (χ1) is 12.2. The van der Waals surface area contributed by atoms with Crippen molar-refractivity contribution >= 4 is 17.7 Å². The van der Waals surface area contributed by atoms with Crippen LogP contribution >= 0.6 is 0 Å². The highest BCUT2D eigenvalue weighted by molar-refractivity contribution is 6.08. The molecule has 26 heavy (non-hydrogen) atoms. The molecule has 2 N–H and O–H groups in total. The van der Waals surface area contributed by atoms with E-state index < -0.39 is 12.0 Å². The predicted molar refractivity (Wildman–Crippen MR) is 98.1 cm³/mol. The Bertz CT molecular complexity index is 819. The third-order valence-corrected chi connectivity index (χ3v) is 4.36. The number of amides is 1. The van der Waals surface area contributed by atoms with Gasteiger partial charge in [-0.1, -0.05) is 43.7 Å². The van der Waals surface area contributed by atoms with Gasteiger partial charge in [0.2, 0.25) is 11.7 Å². The van der Waals surface area contributed by atoms with E-state index >= 15 is 0 Å². The molecule has 1 amide bonds. The van der Waals surface area contributed by atoms with Crippen molar-refractivity contribution in [3.8, 4) is 0 Å². The van der Waals surface area contributed by atoms with Crippen LogP contribution in [0.25, 0.3) is 0 Å². The lowest BCUT2D eigenvalue weighted by Gasteiger charge is -2.18. The smallest absolute Gasteiger partial charge is 0.326 e. The maximum atomic E-state index is 12.6. The molecule has 6 heteroatoms. The quantitative estimate of drug-likeness (QED) is 0.745. The molecule has 0 radical (unpaired) electrons. The fourth-order valence-electron chi connectivity index (χ4n) is 2.71. The van der Waals surface area contributed by atoms with Crippen LogP contribution in [0.1, 0.15) is 41.2 Å². The van der Waals surface area contributed by atoms with Gasteiger partial charge in [-0.15, -0.1) is 0 Å². The van der Waals surface area contributed by atoms with E-state index in [2.05, 4.69) is 5.32 Å². The number of aryl methyl sites for hydroxylation is 1. The lowest BCUT2D eigenvalue weighted by atomic mass is 10.0. The van der Waals surface area contributed by atoms with Gasteiger partial charge in [-0.25, -0.2) is 4.79 Å². The SMILES string of the molecule is Cc1ccc(C(=O)c2ccc(CC(=O)NC(C(=O)O)C(C)C)n2C)cc1. The highest BCUT2D eigenvalue weighted by Gasteiger charge is 2.24. The number of carbonyl (C=O) groups is 3. The molecule has 1 aromatic carbocycles. The fourth-order valence-corrected chi connectivity index (χ4v) is 2.71. The maximum Gasteiger partial charge on any atom is 0.326 e. The summed E-state index contributed by atoms with van der Waals surface area (Å²) < 4.78 is 1.67. The fraction of sp³-hybridized carbons (Fsp3) is 0.350. The van der Waals surface area contributed by atoms with Gasteiger partial charge in [0.15, 0.2) is 0 Å². The van der Waals surface area contributed by atoms with E-state index in [1.54, 1.807) is 49.7 Å². The van der Waals surface area contributed by atoms with Gasteiger partial charge in [0.05, 0.1) is 12.1 Å². The Balaban J connectivity index is 2.13. The molecule has 1 aromatic heterocycles. The normalized spacial score (nSPS) is 12.0. The van der Waals surface area contributed by atoms with Crippen LogP contribution in [0, 0.1) is 12.8 Å². The zero-order valence-electron chi connectivity index (χ0n) is 15.4. The lowest BCUT2D eigenvalue weighted by Crippen LogP contribution is -2.45. The topological polar surface area (TPSA) is 88.4 Å². The summed E-state index contributed by atoms with van der Waals surface area (Å²) in [6, 6.07) is 9.77. The third kappa shape index (κ3) is 4.39. The van der Waals surface area contributed by atoms with Crippen LogP contribution in [-0.4, -0.2) is 33.4 Å². The zero-order valence-corrected chi connectivity index (χ0v) is 15.4. The molecule has 0 saturated heterocycles. The van der Waals surface area contributed by atoms with E-state index in [4.69, 9.17) is 0 Å². The monoisotopic (exact) mass is 356 g/mol. The van der Waals surface area contributed by atoms with Crippen molar-refractivity contribution in [2.24, 2.45) is 13.0 Å². The third-order valence-electron chi connectivity index (χ3n) is 4.36. The highest BCUT2D eigenvalue weighted by atomic mass is 16.4. The molecule has 6 nitrogen and oxygen atoms in total. The van der Waals surface area contributed by atoms with Crippen LogP contribution in [-0.2, 0) is 23.1 Å². The van der Waals surface area contributed by atoms with Gasteiger partial charge in [-0.3, -0.25) is 9.59 Å². The van der Waals surface area contributed by atoms with Crippen molar-refractivity contribution in [1.29, 1.82) is 0 Å². The second kappa shape index (κ2) is 7.99. The minimum Gasteiger partial charge on any atom is -0.480 e. The Morgan fingerprint density at radius 3 is 2.23 bits per heavy atom. The van der Waals surface area contributed by atoms with Gasteiger partial charge >= 0.3 is 5.97 Å². The average Bonchev–Trinajstić information content (AvgIpc) is 2.93. The number of carboxylic acids is 1. The minimum absolute atomic E-state index is 0.00811. The van der Waals surface area contributed by atoms with Crippen molar-refractivity contribution in [2.45, 2.75) is 33.2 Å². The number of nitrogens with zero attached hydrogens (tertiary/aromatic N) is 1. The van der Waals surface area contributed by atoms with E-state index in [9.17, 15) is 19.5 Å². The molecule has 0 saturated carbocycles. The molecule has 2 rings (SSSR count). The summed E-state index contributed by atoms with van der Waals surface area (Å²) in [6.45, 7) is 5.43. The molecule has 2 aromatic rings. The van der Waals surface area contributed by atoms with Crippen molar-refractivity contribution < 1.29 is 19.5 Å². The second-order valence-electron chi connectivity index (χ2n) is 6.77. The van der Waals surface area contributed by atoms with Gasteiger partial charge in [-0.05, 0) is 25.0 Å². The van der Waals surface area contributed by atoms with E-state index in [1.807, 2.05) is 19.1 Å². The highest BCUT2D eigenvalue weighted by Crippen LogP contribution is 2.15. The number of rotatable bonds is 7. The summed E-state index contributed by atoms with van der Waals surface area (Å²) in [5.41, 5.74) is 2.78. The molecule has 0 aliphatic heterocycles. The summed E-state index contributed by atoms with van der Waals surface area (Å²) in [7, 11) is 1.72. The van der Waals surface area contributed by atoms with Gasteiger partial charge in [0.25, 0.3) is 0 Å². The van der Waals surface area contributed by atoms with E-state index in [1.165, 1.54) is 0 Å². The summed E-state index contributed by atoms with van der Waals surface area (Å²) in [5.74, 6) is -1.79. The lowest BCUT2D eigenvalue weighted by molar-refractivity contribution is -0.143. The Morgan fingerprint density at radius 2 is 1.69 bits per heavy atom. The van der Waals surface area contributed by atoms with Crippen LogP contribution in [0.15, 0.2) is 36.4 Å². The number of carbonyl (C=O) groups excluding carboxylic acids is 2. The first-order valence-electron chi connectivity index (χ1n) is 8.48. The molecule has 138 valence electrons. The van der Waals surface area contributed by atoms with Crippen molar-refractivity contribution in [1.82, 2.24) is 9.88 Å². The van der Waals surface area contributed by atoms with Gasteiger partial charge in [0, 0.05) is 18.3 Å². The van der Waals surface area contributed by atoms with Crippen LogP contribution < -0.4 is 5.32 Å². The molecular formula is C20H24N2O4. The molecule has 1 atom stereocenters. The van der Waals surface area contributed by atoms with Gasteiger partial charge < -0.3 is 15.0 Å². The molecule has 1 unspecified atom stereocenters. The molecular weight excluding hydrogens is 332 g/mol. The Labute approximate surface area is 152 Å². The summed E-state index contributed by atoms with van der Waals surface area (Å²) in [6.07, 6.45) is 0.00811. The Morgan fingerprint density at radius 1 is 1.08 bits per heavy atom. The average molecular weight is 356 g/mol. The van der Waals surface area contributed by atoms with Crippen LogP contribution in [0.3, 0.4) is 0 Å². The van der Waals surface area contributed by atoms with E-state index in [-0.39, 0.29) is 24.0 Å².